The Labute approximate surface area is 92.0 Å². The molecule has 72 valence electrons. The summed E-state index contributed by atoms with van der Waals surface area (Å²) in [7, 11) is 0. The summed E-state index contributed by atoms with van der Waals surface area (Å²) in [6.07, 6.45) is 0. The van der Waals surface area contributed by atoms with Crippen molar-refractivity contribution in [3.05, 3.63) is 33.8 Å². The maximum atomic E-state index is 12.8. The standard InChI is InChI=1S/C8H3BrClFN2O/c9-8-12-7(14-13-8)4-1-2-6(11)5(10)3-4/h1-3H. The smallest absolute Gasteiger partial charge is 0.258 e. The molecule has 0 N–H and O–H groups in total. The van der Waals surface area contributed by atoms with Crippen molar-refractivity contribution < 1.29 is 8.91 Å². The second kappa shape index (κ2) is 3.67. The first-order chi connectivity index (χ1) is 6.66. The van der Waals surface area contributed by atoms with Gasteiger partial charge in [0.15, 0.2) is 0 Å². The van der Waals surface area contributed by atoms with Gasteiger partial charge in [-0.25, -0.2) is 4.39 Å². The molecule has 2 rings (SSSR count). The van der Waals surface area contributed by atoms with Crippen molar-refractivity contribution in [2.75, 3.05) is 0 Å². The molecular weight excluding hydrogens is 274 g/mol. The Bertz CT molecular complexity index is 474. The molecule has 0 aliphatic rings. The third-order valence-electron chi connectivity index (χ3n) is 1.57. The van der Waals surface area contributed by atoms with Crippen molar-refractivity contribution in [1.82, 2.24) is 10.1 Å². The number of aromatic nitrogens is 2. The van der Waals surface area contributed by atoms with E-state index in [4.69, 9.17) is 16.1 Å². The highest BCUT2D eigenvalue weighted by Gasteiger charge is 2.09. The van der Waals surface area contributed by atoms with Crippen molar-refractivity contribution in [2.45, 2.75) is 0 Å². The van der Waals surface area contributed by atoms with E-state index in [9.17, 15) is 4.39 Å². The molecule has 1 heterocycles. The van der Waals surface area contributed by atoms with Crippen LogP contribution in [0.15, 0.2) is 27.5 Å². The van der Waals surface area contributed by atoms with E-state index in [1.54, 1.807) is 0 Å². The molecule has 0 spiro atoms. The van der Waals surface area contributed by atoms with Gasteiger partial charge in [0.05, 0.1) is 5.02 Å². The molecule has 1 aromatic heterocycles. The average molecular weight is 277 g/mol. The van der Waals surface area contributed by atoms with E-state index in [2.05, 4.69) is 26.1 Å². The molecule has 0 fully saturated rings. The van der Waals surface area contributed by atoms with Gasteiger partial charge in [0.1, 0.15) is 5.82 Å². The molecule has 3 nitrogen and oxygen atoms in total. The highest BCUT2D eigenvalue weighted by atomic mass is 79.9. The predicted molar refractivity (Wildman–Crippen MR) is 52.4 cm³/mol. The van der Waals surface area contributed by atoms with Gasteiger partial charge in [-0.3, -0.25) is 0 Å². The van der Waals surface area contributed by atoms with Crippen LogP contribution in [0.25, 0.3) is 11.5 Å². The van der Waals surface area contributed by atoms with Crippen molar-refractivity contribution >= 4 is 27.5 Å². The Morgan fingerprint density at radius 3 is 2.79 bits per heavy atom. The Hall–Kier alpha value is -0.940. The number of hydrogen-bond acceptors (Lipinski definition) is 3. The SMILES string of the molecule is Fc1ccc(-c2nc(Br)no2)cc1Cl. The molecule has 0 saturated carbocycles. The van der Waals surface area contributed by atoms with Crippen LogP contribution in [0.5, 0.6) is 0 Å². The predicted octanol–water partition coefficient (Wildman–Crippen LogP) is 3.29. The first kappa shape index (κ1) is 9.61. The van der Waals surface area contributed by atoms with Crippen LogP contribution in [0.1, 0.15) is 0 Å². The van der Waals surface area contributed by atoms with Crippen molar-refractivity contribution in [3.63, 3.8) is 0 Å². The lowest BCUT2D eigenvalue weighted by molar-refractivity contribution is 0.426. The van der Waals surface area contributed by atoms with Gasteiger partial charge >= 0.3 is 0 Å². The molecule has 0 atom stereocenters. The monoisotopic (exact) mass is 276 g/mol. The van der Waals surface area contributed by atoms with Crippen molar-refractivity contribution in [3.8, 4) is 11.5 Å². The van der Waals surface area contributed by atoms with E-state index in [0.717, 1.165) is 0 Å². The summed E-state index contributed by atoms with van der Waals surface area (Å²) in [5.41, 5.74) is 0.578. The molecule has 0 aliphatic carbocycles. The maximum Gasteiger partial charge on any atom is 0.258 e. The number of halogens is 3. The Morgan fingerprint density at radius 2 is 2.21 bits per heavy atom. The van der Waals surface area contributed by atoms with Gasteiger partial charge in [-0.1, -0.05) is 11.6 Å². The Kier molecular flexibility index (Phi) is 2.52. The summed E-state index contributed by atoms with van der Waals surface area (Å²) in [6.45, 7) is 0. The molecule has 1 aromatic carbocycles. The fourth-order valence-corrected chi connectivity index (χ4v) is 1.37. The second-order valence-corrected chi connectivity index (χ2v) is 3.61. The number of benzene rings is 1. The molecule has 0 amide bonds. The third-order valence-corrected chi connectivity index (χ3v) is 2.18. The van der Waals surface area contributed by atoms with Crippen LogP contribution in [0.3, 0.4) is 0 Å². The zero-order valence-electron chi connectivity index (χ0n) is 6.67. The largest absolute Gasteiger partial charge is 0.333 e. The Morgan fingerprint density at radius 1 is 1.43 bits per heavy atom. The fraction of sp³-hybridized carbons (Fsp3) is 0. The summed E-state index contributed by atoms with van der Waals surface area (Å²) < 4.78 is 18.0. The van der Waals surface area contributed by atoms with Crippen molar-refractivity contribution in [2.24, 2.45) is 0 Å². The van der Waals surface area contributed by atoms with Crippen LogP contribution in [0.4, 0.5) is 4.39 Å². The van der Waals surface area contributed by atoms with Gasteiger partial charge in [0.25, 0.3) is 5.89 Å². The van der Waals surface area contributed by atoms with Crippen LogP contribution in [-0.2, 0) is 0 Å². The molecule has 14 heavy (non-hydrogen) atoms. The van der Waals surface area contributed by atoms with Crippen molar-refractivity contribution in [1.29, 1.82) is 0 Å². The molecule has 0 radical (unpaired) electrons. The minimum Gasteiger partial charge on any atom is -0.333 e. The fourth-order valence-electron chi connectivity index (χ4n) is 0.952. The van der Waals surface area contributed by atoms with E-state index in [0.29, 0.717) is 16.2 Å². The summed E-state index contributed by atoms with van der Waals surface area (Å²) in [5.74, 6) is -0.187. The van der Waals surface area contributed by atoms with Gasteiger partial charge in [-0.2, -0.15) is 4.98 Å². The van der Waals surface area contributed by atoms with Gasteiger partial charge in [0, 0.05) is 5.56 Å². The summed E-state index contributed by atoms with van der Waals surface area (Å²) in [4.78, 5) is 3.91. The summed E-state index contributed by atoms with van der Waals surface area (Å²) in [5, 5.41) is 3.56. The minimum atomic E-state index is -0.478. The third kappa shape index (κ3) is 1.78. The molecule has 0 aliphatic heterocycles. The van der Waals surface area contributed by atoms with Gasteiger partial charge in [-0.15, -0.1) is 0 Å². The summed E-state index contributed by atoms with van der Waals surface area (Å²) in [6, 6.07) is 4.19. The van der Waals surface area contributed by atoms with E-state index in [1.807, 2.05) is 0 Å². The van der Waals surface area contributed by atoms with Crippen LogP contribution >= 0.6 is 27.5 Å². The van der Waals surface area contributed by atoms with Gasteiger partial charge in [0.2, 0.25) is 4.73 Å². The molecule has 0 saturated heterocycles. The molecule has 0 bridgehead atoms. The topological polar surface area (TPSA) is 38.9 Å². The minimum absolute atomic E-state index is 0.0248. The van der Waals surface area contributed by atoms with E-state index >= 15 is 0 Å². The van der Waals surface area contributed by atoms with E-state index < -0.39 is 5.82 Å². The lowest BCUT2D eigenvalue weighted by Crippen LogP contribution is -1.80. The maximum absolute atomic E-state index is 12.8. The van der Waals surface area contributed by atoms with Gasteiger partial charge < -0.3 is 4.52 Å². The second-order valence-electron chi connectivity index (χ2n) is 2.50. The lowest BCUT2D eigenvalue weighted by atomic mass is 10.2. The van der Waals surface area contributed by atoms with E-state index in [-0.39, 0.29) is 5.02 Å². The Balaban J connectivity index is 2.47. The molecular formula is C8H3BrClFN2O. The van der Waals surface area contributed by atoms with Crippen LogP contribution in [-0.4, -0.2) is 10.1 Å². The van der Waals surface area contributed by atoms with Crippen LogP contribution in [0.2, 0.25) is 5.02 Å². The highest BCUT2D eigenvalue weighted by molar-refractivity contribution is 9.10. The average Bonchev–Trinajstić information content (AvgIpc) is 2.57. The van der Waals surface area contributed by atoms with E-state index in [1.165, 1.54) is 18.2 Å². The zero-order valence-corrected chi connectivity index (χ0v) is 9.01. The van der Waals surface area contributed by atoms with Crippen LogP contribution in [0, 0.1) is 5.82 Å². The summed E-state index contributed by atoms with van der Waals surface area (Å²) >= 11 is 8.63. The number of rotatable bonds is 1. The molecule has 0 unspecified atom stereocenters. The normalized spacial score (nSPS) is 10.5. The quantitative estimate of drug-likeness (QED) is 0.803. The van der Waals surface area contributed by atoms with Crippen LogP contribution < -0.4 is 0 Å². The first-order valence-electron chi connectivity index (χ1n) is 3.61. The van der Waals surface area contributed by atoms with Gasteiger partial charge in [-0.05, 0) is 39.3 Å². The molecule has 6 heteroatoms. The highest BCUT2D eigenvalue weighted by Crippen LogP contribution is 2.24. The first-order valence-corrected chi connectivity index (χ1v) is 4.78. The molecule has 2 aromatic rings. The zero-order chi connectivity index (χ0) is 10.1. The lowest BCUT2D eigenvalue weighted by Gasteiger charge is -1.95. The number of nitrogens with zero attached hydrogens (tertiary/aromatic N) is 2. The number of hydrogen-bond donors (Lipinski definition) is 0.